The summed E-state index contributed by atoms with van der Waals surface area (Å²) in [5, 5.41) is 11.5. The summed E-state index contributed by atoms with van der Waals surface area (Å²) in [4.78, 5) is 13.3. The van der Waals surface area contributed by atoms with E-state index in [1.54, 1.807) is 11.8 Å². The van der Waals surface area contributed by atoms with Crippen LogP contribution in [0.5, 0.6) is 11.5 Å². The van der Waals surface area contributed by atoms with Crippen LogP contribution >= 0.6 is 0 Å². The highest BCUT2D eigenvalue weighted by Gasteiger charge is 2.23. The molecule has 0 aliphatic heterocycles. The van der Waals surface area contributed by atoms with Gasteiger partial charge in [-0.3, -0.25) is 4.79 Å². The van der Waals surface area contributed by atoms with Gasteiger partial charge in [0.15, 0.2) is 5.69 Å². The fourth-order valence-electron chi connectivity index (χ4n) is 3.79. The highest BCUT2D eigenvalue weighted by Crippen LogP contribution is 2.33. The predicted octanol–water partition coefficient (Wildman–Crippen LogP) is 6.01. The standard InChI is InChI=1S/C27H36N4O3/c1-9-10-18(3)34-23-14-12-20(27(5,6)7)16-21(23)28-26(32)25-19(4)31(30-29-25)22-15-17(2)11-13-24(22)33-8/h11-16,18H,9-10H2,1-8H3,(H,28,32)/t18-/m0/s1. The highest BCUT2D eigenvalue weighted by molar-refractivity contribution is 6.04. The molecule has 2 aromatic carbocycles. The Morgan fingerprint density at radius 1 is 1.12 bits per heavy atom. The van der Waals surface area contributed by atoms with Crippen molar-refractivity contribution < 1.29 is 14.3 Å². The van der Waals surface area contributed by atoms with E-state index in [1.165, 1.54) is 0 Å². The Balaban J connectivity index is 1.96. The van der Waals surface area contributed by atoms with E-state index in [-0.39, 0.29) is 23.1 Å². The third kappa shape index (κ3) is 5.58. The van der Waals surface area contributed by atoms with Crippen molar-refractivity contribution in [2.75, 3.05) is 12.4 Å². The Bertz CT molecular complexity index is 1160. The number of amides is 1. The number of rotatable bonds is 8. The van der Waals surface area contributed by atoms with Crippen LogP contribution in [0.1, 0.15) is 74.8 Å². The summed E-state index contributed by atoms with van der Waals surface area (Å²) >= 11 is 0. The van der Waals surface area contributed by atoms with Gasteiger partial charge in [0.1, 0.15) is 17.2 Å². The lowest BCUT2D eigenvalue weighted by molar-refractivity contribution is 0.102. The number of nitrogens with zero attached hydrogens (tertiary/aromatic N) is 3. The molecule has 3 aromatic rings. The smallest absolute Gasteiger partial charge is 0.278 e. The normalized spacial score (nSPS) is 12.4. The Morgan fingerprint density at radius 2 is 1.82 bits per heavy atom. The van der Waals surface area contributed by atoms with Gasteiger partial charge in [0, 0.05) is 0 Å². The summed E-state index contributed by atoms with van der Waals surface area (Å²) in [6.45, 7) is 14.4. The molecule has 0 radical (unpaired) electrons. The van der Waals surface area contributed by atoms with Gasteiger partial charge in [-0.2, -0.15) is 0 Å². The first-order valence-electron chi connectivity index (χ1n) is 11.7. The molecule has 0 unspecified atom stereocenters. The molecular formula is C27H36N4O3. The summed E-state index contributed by atoms with van der Waals surface area (Å²) in [6, 6.07) is 11.8. The third-order valence-corrected chi connectivity index (χ3v) is 5.79. The van der Waals surface area contributed by atoms with Crippen LogP contribution in [0, 0.1) is 13.8 Å². The molecule has 182 valence electrons. The van der Waals surface area contributed by atoms with Gasteiger partial charge in [-0.25, -0.2) is 4.68 Å². The van der Waals surface area contributed by atoms with Crippen LogP contribution in [-0.4, -0.2) is 34.1 Å². The first kappa shape index (κ1) is 25.3. The topological polar surface area (TPSA) is 78.3 Å². The van der Waals surface area contributed by atoms with Crippen molar-refractivity contribution in [3.05, 3.63) is 58.9 Å². The number of carbonyl (C=O) groups is 1. The fraction of sp³-hybridized carbons (Fsp3) is 0.444. The second-order valence-corrected chi connectivity index (χ2v) is 9.74. The quantitative estimate of drug-likeness (QED) is 0.442. The number of aryl methyl sites for hydroxylation is 1. The van der Waals surface area contributed by atoms with Crippen LogP contribution in [0.4, 0.5) is 5.69 Å². The largest absolute Gasteiger partial charge is 0.494 e. The molecule has 1 amide bonds. The van der Waals surface area contributed by atoms with Crippen LogP contribution in [0.2, 0.25) is 0 Å². The summed E-state index contributed by atoms with van der Waals surface area (Å²) in [6.07, 6.45) is 1.99. The molecule has 1 atom stereocenters. The van der Waals surface area contributed by atoms with Crippen LogP contribution in [0.3, 0.4) is 0 Å². The highest BCUT2D eigenvalue weighted by atomic mass is 16.5. The van der Waals surface area contributed by atoms with Gasteiger partial charge in [-0.1, -0.05) is 51.5 Å². The summed E-state index contributed by atoms with van der Waals surface area (Å²) in [7, 11) is 1.61. The van der Waals surface area contributed by atoms with Crippen molar-refractivity contribution >= 4 is 11.6 Å². The summed E-state index contributed by atoms with van der Waals surface area (Å²) in [5.41, 5.74) is 4.31. The molecule has 0 aliphatic carbocycles. The van der Waals surface area contributed by atoms with E-state index in [0.717, 1.165) is 29.7 Å². The zero-order chi connectivity index (χ0) is 25.0. The SMILES string of the molecule is CCC[C@H](C)Oc1ccc(C(C)(C)C)cc1NC(=O)c1nnn(-c2cc(C)ccc2OC)c1C. The van der Waals surface area contributed by atoms with E-state index in [9.17, 15) is 4.79 Å². The average Bonchev–Trinajstić information content (AvgIpc) is 3.15. The van der Waals surface area contributed by atoms with Crippen molar-refractivity contribution in [1.29, 1.82) is 0 Å². The molecule has 1 heterocycles. The second-order valence-electron chi connectivity index (χ2n) is 9.74. The Morgan fingerprint density at radius 3 is 2.47 bits per heavy atom. The monoisotopic (exact) mass is 464 g/mol. The minimum Gasteiger partial charge on any atom is -0.494 e. The number of methoxy groups -OCH3 is 1. The van der Waals surface area contributed by atoms with Crippen LogP contribution in [0.15, 0.2) is 36.4 Å². The van der Waals surface area contributed by atoms with Gasteiger partial charge < -0.3 is 14.8 Å². The molecule has 7 heteroatoms. The molecule has 0 fully saturated rings. The lowest BCUT2D eigenvalue weighted by Crippen LogP contribution is -2.19. The first-order chi connectivity index (χ1) is 16.0. The average molecular weight is 465 g/mol. The molecule has 0 saturated carbocycles. The second kappa shape index (κ2) is 10.3. The maximum Gasteiger partial charge on any atom is 0.278 e. The third-order valence-electron chi connectivity index (χ3n) is 5.79. The van der Waals surface area contributed by atoms with Crippen LogP contribution < -0.4 is 14.8 Å². The molecule has 3 rings (SSSR count). The number of anilines is 1. The molecule has 0 aliphatic rings. The first-order valence-corrected chi connectivity index (χ1v) is 11.7. The van der Waals surface area contributed by atoms with E-state index >= 15 is 0 Å². The van der Waals surface area contributed by atoms with Gasteiger partial charge in [0.2, 0.25) is 0 Å². The van der Waals surface area contributed by atoms with E-state index < -0.39 is 0 Å². The molecule has 0 spiro atoms. The van der Waals surface area contributed by atoms with Gasteiger partial charge >= 0.3 is 0 Å². The molecule has 0 bridgehead atoms. The number of aromatic nitrogens is 3. The number of nitrogens with one attached hydrogen (secondary N) is 1. The predicted molar refractivity (Wildman–Crippen MR) is 135 cm³/mol. The summed E-state index contributed by atoms with van der Waals surface area (Å²) in [5.74, 6) is 0.964. The van der Waals surface area contributed by atoms with Crippen molar-refractivity contribution in [3.8, 4) is 17.2 Å². The van der Waals surface area contributed by atoms with Gasteiger partial charge in [-0.15, -0.1) is 5.10 Å². The number of hydrogen-bond acceptors (Lipinski definition) is 5. The van der Waals surface area contributed by atoms with Crippen molar-refractivity contribution in [1.82, 2.24) is 15.0 Å². The van der Waals surface area contributed by atoms with E-state index in [2.05, 4.69) is 49.4 Å². The van der Waals surface area contributed by atoms with Crippen molar-refractivity contribution in [3.63, 3.8) is 0 Å². The summed E-state index contributed by atoms with van der Waals surface area (Å²) < 4.78 is 13.3. The van der Waals surface area contributed by atoms with Gasteiger partial charge in [0.05, 0.1) is 24.6 Å². The minimum absolute atomic E-state index is 0.0394. The Kier molecular flexibility index (Phi) is 7.64. The number of benzene rings is 2. The number of carbonyl (C=O) groups excluding carboxylic acids is 1. The van der Waals surface area contributed by atoms with Crippen molar-refractivity contribution in [2.24, 2.45) is 0 Å². The van der Waals surface area contributed by atoms with Gasteiger partial charge in [0.25, 0.3) is 5.91 Å². The molecular weight excluding hydrogens is 428 g/mol. The van der Waals surface area contributed by atoms with E-state index in [1.807, 2.05) is 51.1 Å². The molecule has 1 aromatic heterocycles. The Hall–Kier alpha value is -3.35. The number of ether oxygens (including phenoxy) is 2. The molecule has 0 saturated heterocycles. The molecule has 1 N–H and O–H groups in total. The van der Waals surface area contributed by atoms with Crippen LogP contribution in [-0.2, 0) is 5.41 Å². The molecule has 7 nitrogen and oxygen atoms in total. The van der Waals surface area contributed by atoms with E-state index in [4.69, 9.17) is 9.47 Å². The lowest BCUT2D eigenvalue weighted by Gasteiger charge is -2.23. The van der Waals surface area contributed by atoms with Gasteiger partial charge in [-0.05, 0) is 68.0 Å². The zero-order valence-corrected chi connectivity index (χ0v) is 21.5. The lowest BCUT2D eigenvalue weighted by atomic mass is 9.87. The minimum atomic E-state index is -0.338. The van der Waals surface area contributed by atoms with Crippen molar-refractivity contribution in [2.45, 2.75) is 72.8 Å². The van der Waals surface area contributed by atoms with E-state index in [0.29, 0.717) is 22.9 Å². The maximum absolute atomic E-state index is 13.3. The maximum atomic E-state index is 13.3. The zero-order valence-electron chi connectivity index (χ0n) is 21.5. The van der Waals surface area contributed by atoms with Crippen LogP contribution in [0.25, 0.3) is 5.69 Å². The number of hydrogen-bond donors (Lipinski definition) is 1. The molecule has 34 heavy (non-hydrogen) atoms. The Labute approximate surface area is 202 Å². The fourth-order valence-corrected chi connectivity index (χ4v) is 3.79.